The molecule has 1 aromatic heterocycles. The van der Waals surface area contributed by atoms with Crippen LogP contribution in [-0.4, -0.2) is 27.9 Å². The maximum Gasteiger partial charge on any atom is 0.138 e. The van der Waals surface area contributed by atoms with E-state index < -0.39 is 0 Å². The molecule has 1 aromatic rings. The van der Waals surface area contributed by atoms with Gasteiger partial charge in [0.2, 0.25) is 0 Å². The van der Waals surface area contributed by atoms with E-state index in [0.717, 1.165) is 38.3 Å². The molecule has 1 rings (SSSR count). The Kier molecular flexibility index (Phi) is 5.79. The Morgan fingerprint density at radius 1 is 1.39 bits per heavy atom. The third kappa shape index (κ3) is 4.41. The molecule has 0 amide bonds. The van der Waals surface area contributed by atoms with Crippen molar-refractivity contribution in [3.8, 4) is 0 Å². The lowest BCUT2D eigenvalue weighted by atomic mass is 9.83. The summed E-state index contributed by atoms with van der Waals surface area (Å²) in [5.74, 6) is 1.72. The largest absolute Gasteiger partial charge is 0.316 e. The number of nitrogens with one attached hydrogen (secondary N) is 1. The minimum Gasteiger partial charge on any atom is -0.316 e. The summed E-state index contributed by atoms with van der Waals surface area (Å²) in [6.45, 7) is 14.2. The minimum absolute atomic E-state index is 0.262. The first-order valence-corrected chi connectivity index (χ1v) is 7.08. The van der Waals surface area contributed by atoms with Crippen LogP contribution in [0.4, 0.5) is 0 Å². The first-order chi connectivity index (χ1) is 8.50. The van der Waals surface area contributed by atoms with Gasteiger partial charge in [0, 0.05) is 19.5 Å². The second-order valence-electron chi connectivity index (χ2n) is 5.87. The number of aromatic nitrogens is 3. The van der Waals surface area contributed by atoms with E-state index in [1.807, 2.05) is 0 Å². The van der Waals surface area contributed by atoms with E-state index >= 15 is 0 Å². The van der Waals surface area contributed by atoms with Gasteiger partial charge in [0.1, 0.15) is 12.2 Å². The molecule has 0 aliphatic rings. The SMILES string of the molecule is CCNCC(C)(CC)Cc1ncnn1CC(C)C. The van der Waals surface area contributed by atoms with Gasteiger partial charge in [-0.3, -0.25) is 0 Å². The zero-order valence-electron chi connectivity index (χ0n) is 12.5. The predicted molar refractivity (Wildman–Crippen MR) is 75.5 cm³/mol. The highest BCUT2D eigenvalue weighted by Gasteiger charge is 2.24. The average molecular weight is 252 g/mol. The van der Waals surface area contributed by atoms with Crippen LogP contribution in [-0.2, 0) is 13.0 Å². The third-order valence-corrected chi connectivity index (χ3v) is 3.47. The lowest BCUT2D eigenvalue weighted by Crippen LogP contribution is -2.34. The number of hydrogen-bond donors (Lipinski definition) is 1. The quantitative estimate of drug-likeness (QED) is 0.773. The summed E-state index contributed by atoms with van der Waals surface area (Å²) in [6.07, 6.45) is 3.82. The number of nitrogens with zero attached hydrogens (tertiary/aromatic N) is 3. The van der Waals surface area contributed by atoms with E-state index in [4.69, 9.17) is 0 Å². The minimum atomic E-state index is 0.262. The normalized spacial score (nSPS) is 15.0. The van der Waals surface area contributed by atoms with Crippen LogP contribution in [0.3, 0.4) is 0 Å². The third-order valence-electron chi connectivity index (χ3n) is 3.47. The van der Waals surface area contributed by atoms with Crippen LogP contribution in [0.15, 0.2) is 6.33 Å². The van der Waals surface area contributed by atoms with Crippen molar-refractivity contribution in [2.24, 2.45) is 11.3 Å². The van der Waals surface area contributed by atoms with Crippen LogP contribution in [0.25, 0.3) is 0 Å². The standard InChI is InChI=1S/C14H28N4/c1-6-14(5,10-15-7-2)8-13-16-11-17-18(13)9-12(3)4/h11-12,15H,6-10H2,1-5H3. The molecule has 0 bridgehead atoms. The van der Waals surface area contributed by atoms with Crippen molar-refractivity contribution in [3.63, 3.8) is 0 Å². The molecule has 104 valence electrons. The predicted octanol–water partition coefficient (Wildman–Crippen LogP) is 2.50. The van der Waals surface area contributed by atoms with Gasteiger partial charge in [-0.15, -0.1) is 0 Å². The van der Waals surface area contributed by atoms with Crippen molar-refractivity contribution in [3.05, 3.63) is 12.2 Å². The molecule has 1 N–H and O–H groups in total. The highest BCUT2D eigenvalue weighted by Crippen LogP contribution is 2.25. The summed E-state index contributed by atoms with van der Waals surface area (Å²) >= 11 is 0. The van der Waals surface area contributed by atoms with E-state index in [1.165, 1.54) is 0 Å². The van der Waals surface area contributed by atoms with Gasteiger partial charge in [0.05, 0.1) is 0 Å². The maximum atomic E-state index is 4.43. The van der Waals surface area contributed by atoms with Gasteiger partial charge in [0.25, 0.3) is 0 Å². The van der Waals surface area contributed by atoms with Crippen LogP contribution in [0.1, 0.15) is 46.9 Å². The Hall–Kier alpha value is -0.900. The van der Waals surface area contributed by atoms with Crippen molar-refractivity contribution >= 4 is 0 Å². The van der Waals surface area contributed by atoms with Gasteiger partial charge < -0.3 is 5.32 Å². The average Bonchev–Trinajstić information content (AvgIpc) is 2.73. The topological polar surface area (TPSA) is 42.7 Å². The fourth-order valence-corrected chi connectivity index (χ4v) is 2.04. The molecular weight excluding hydrogens is 224 g/mol. The monoisotopic (exact) mass is 252 g/mol. The Morgan fingerprint density at radius 2 is 2.11 bits per heavy atom. The van der Waals surface area contributed by atoms with Gasteiger partial charge in [-0.2, -0.15) is 5.10 Å². The van der Waals surface area contributed by atoms with Crippen LogP contribution in [0.5, 0.6) is 0 Å². The summed E-state index contributed by atoms with van der Waals surface area (Å²) in [5.41, 5.74) is 0.262. The molecule has 18 heavy (non-hydrogen) atoms. The lowest BCUT2D eigenvalue weighted by Gasteiger charge is -2.28. The van der Waals surface area contributed by atoms with Gasteiger partial charge >= 0.3 is 0 Å². The van der Waals surface area contributed by atoms with Crippen LogP contribution < -0.4 is 5.32 Å². The first kappa shape index (κ1) is 15.2. The molecular formula is C14H28N4. The highest BCUT2D eigenvalue weighted by molar-refractivity contribution is 4.93. The molecule has 1 atom stereocenters. The van der Waals surface area contributed by atoms with E-state index in [1.54, 1.807) is 6.33 Å². The molecule has 0 aliphatic heterocycles. The highest BCUT2D eigenvalue weighted by atomic mass is 15.3. The molecule has 1 heterocycles. The van der Waals surface area contributed by atoms with Crippen molar-refractivity contribution in [2.45, 2.75) is 54.0 Å². The molecule has 0 saturated heterocycles. The van der Waals surface area contributed by atoms with E-state index in [-0.39, 0.29) is 5.41 Å². The summed E-state index contributed by atoms with van der Waals surface area (Å²) < 4.78 is 2.06. The van der Waals surface area contributed by atoms with E-state index in [0.29, 0.717) is 5.92 Å². The van der Waals surface area contributed by atoms with Crippen molar-refractivity contribution < 1.29 is 0 Å². The van der Waals surface area contributed by atoms with Gasteiger partial charge in [-0.25, -0.2) is 9.67 Å². The van der Waals surface area contributed by atoms with Crippen molar-refractivity contribution in [2.75, 3.05) is 13.1 Å². The zero-order valence-corrected chi connectivity index (χ0v) is 12.5. The fraction of sp³-hybridized carbons (Fsp3) is 0.857. The van der Waals surface area contributed by atoms with Crippen molar-refractivity contribution in [1.82, 2.24) is 20.1 Å². The van der Waals surface area contributed by atoms with E-state index in [9.17, 15) is 0 Å². The number of hydrogen-bond acceptors (Lipinski definition) is 3. The van der Waals surface area contributed by atoms with Gasteiger partial charge in [0.15, 0.2) is 0 Å². The molecule has 0 radical (unpaired) electrons. The summed E-state index contributed by atoms with van der Waals surface area (Å²) in [4.78, 5) is 4.43. The molecule has 0 aliphatic carbocycles. The first-order valence-electron chi connectivity index (χ1n) is 7.08. The zero-order chi connectivity index (χ0) is 13.6. The molecule has 1 unspecified atom stereocenters. The van der Waals surface area contributed by atoms with Crippen molar-refractivity contribution in [1.29, 1.82) is 0 Å². The fourth-order valence-electron chi connectivity index (χ4n) is 2.04. The maximum absolute atomic E-state index is 4.43. The molecule has 0 fully saturated rings. The molecule has 0 saturated carbocycles. The molecule has 0 spiro atoms. The molecule has 4 nitrogen and oxygen atoms in total. The molecule has 0 aromatic carbocycles. The Labute approximate surface area is 111 Å². The Bertz CT molecular complexity index is 345. The summed E-state index contributed by atoms with van der Waals surface area (Å²) in [7, 11) is 0. The van der Waals surface area contributed by atoms with Crippen LogP contribution in [0, 0.1) is 11.3 Å². The smallest absolute Gasteiger partial charge is 0.138 e. The Morgan fingerprint density at radius 3 is 2.67 bits per heavy atom. The number of rotatable bonds is 8. The second kappa shape index (κ2) is 6.88. The summed E-state index contributed by atoms with van der Waals surface area (Å²) in [5, 5.41) is 7.80. The molecule has 4 heteroatoms. The van der Waals surface area contributed by atoms with E-state index in [2.05, 4.69) is 54.7 Å². The Balaban J connectivity index is 2.72. The summed E-state index contributed by atoms with van der Waals surface area (Å²) in [6, 6.07) is 0. The van der Waals surface area contributed by atoms with Gasteiger partial charge in [-0.05, 0) is 24.3 Å². The van der Waals surface area contributed by atoms with Crippen LogP contribution in [0.2, 0.25) is 0 Å². The van der Waals surface area contributed by atoms with Gasteiger partial charge in [-0.1, -0.05) is 34.6 Å². The second-order valence-corrected chi connectivity index (χ2v) is 5.87. The lowest BCUT2D eigenvalue weighted by molar-refractivity contribution is 0.279. The van der Waals surface area contributed by atoms with Crippen LogP contribution >= 0.6 is 0 Å².